The summed E-state index contributed by atoms with van der Waals surface area (Å²) in [6, 6.07) is 13.4. The molecule has 1 aliphatic carbocycles. The zero-order valence-corrected chi connectivity index (χ0v) is 20.4. The minimum Gasteiger partial charge on any atom is -0.550 e. The van der Waals surface area contributed by atoms with Crippen LogP contribution < -0.4 is 39.6 Å². The van der Waals surface area contributed by atoms with E-state index in [1.54, 1.807) is 0 Å². The predicted octanol–water partition coefficient (Wildman–Crippen LogP) is 1.18. The van der Waals surface area contributed by atoms with Crippen LogP contribution in [0.4, 0.5) is 5.69 Å². The number of carboxylic acid groups (broad SMARTS) is 1. The van der Waals surface area contributed by atoms with Gasteiger partial charge in [0.05, 0.1) is 0 Å². The number of carbonyl (C=O) groups is 1. The molecule has 1 saturated heterocycles. The van der Waals surface area contributed by atoms with Crippen molar-refractivity contribution in [1.82, 2.24) is 0 Å². The minimum absolute atomic E-state index is 0. The van der Waals surface area contributed by atoms with E-state index in [4.69, 9.17) is 0 Å². The first-order valence-electron chi connectivity index (χ1n) is 10.5. The molecule has 2 aromatic rings. The zero-order chi connectivity index (χ0) is 20.1. The van der Waals surface area contributed by atoms with Crippen molar-refractivity contribution in [3.8, 4) is 11.1 Å². The van der Waals surface area contributed by atoms with Crippen LogP contribution >= 0.6 is 0 Å². The molecule has 1 fully saturated rings. The van der Waals surface area contributed by atoms with Crippen LogP contribution in [0, 0.1) is 11.3 Å². The van der Waals surface area contributed by atoms with E-state index in [1.165, 1.54) is 34.2 Å². The first-order valence-corrected chi connectivity index (χ1v) is 10.5. The van der Waals surface area contributed by atoms with Crippen LogP contribution in [0.25, 0.3) is 11.1 Å². The fourth-order valence-electron chi connectivity index (χ4n) is 4.58. The third-order valence-corrected chi connectivity index (χ3v) is 6.49. The number of carboxylic acids is 1. The third kappa shape index (κ3) is 4.57. The molecule has 0 amide bonds. The van der Waals surface area contributed by atoms with Crippen LogP contribution in [-0.2, 0) is 17.6 Å². The van der Waals surface area contributed by atoms with E-state index in [0.717, 1.165) is 18.5 Å². The quantitative estimate of drug-likeness (QED) is 0.726. The Balaban J connectivity index is 0.00000240. The smallest absolute Gasteiger partial charge is 0.550 e. The van der Waals surface area contributed by atoms with Crippen LogP contribution in [0.5, 0.6) is 0 Å². The van der Waals surface area contributed by atoms with Crippen molar-refractivity contribution in [2.45, 2.75) is 52.9 Å². The fraction of sp³-hybridized carbons (Fsp3) is 0.480. The number of hydrogen-bond acceptors (Lipinski definition) is 3. The maximum Gasteiger partial charge on any atom is 1.00 e. The molecule has 0 radical (unpaired) electrons. The molecule has 4 rings (SSSR count). The topological polar surface area (TPSA) is 43.4 Å². The Morgan fingerprint density at radius 1 is 1.17 bits per heavy atom. The van der Waals surface area contributed by atoms with Crippen LogP contribution in [0.1, 0.15) is 56.7 Å². The van der Waals surface area contributed by atoms with Gasteiger partial charge in [0.1, 0.15) is 0 Å². The van der Waals surface area contributed by atoms with Crippen molar-refractivity contribution in [3.63, 3.8) is 0 Å². The molecule has 0 unspecified atom stereocenters. The van der Waals surface area contributed by atoms with Crippen LogP contribution in [0.15, 0.2) is 36.4 Å². The second kappa shape index (κ2) is 8.45. The summed E-state index contributed by atoms with van der Waals surface area (Å²) in [6.45, 7) is 10.4. The second-order valence-corrected chi connectivity index (χ2v) is 9.67. The van der Waals surface area contributed by atoms with Gasteiger partial charge in [0.2, 0.25) is 0 Å². The Morgan fingerprint density at radius 3 is 2.55 bits per heavy atom. The van der Waals surface area contributed by atoms with Gasteiger partial charge in [-0.25, -0.2) is 0 Å². The van der Waals surface area contributed by atoms with Gasteiger partial charge in [-0.05, 0) is 70.5 Å². The Kier molecular flexibility index (Phi) is 6.53. The molecule has 2 aromatic carbocycles. The van der Waals surface area contributed by atoms with Crippen molar-refractivity contribution in [3.05, 3.63) is 53.1 Å². The maximum atomic E-state index is 11.0. The molecule has 2 aliphatic rings. The average Bonchev–Trinajstić information content (AvgIpc) is 2.58. The summed E-state index contributed by atoms with van der Waals surface area (Å²) in [5.41, 5.74) is 8.47. The molecule has 3 nitrogen and oxygen atoms in total. The van der Waals surface area contributed by atoms with E-state index in [0.29, 0.717) is 24.4 Å². The molecule has 148 valence electrons. The van der Waals surface area contributed by atoms with Gasteiger partial charge in [-0.15, -0.1) is 0 Å². The fourth-order valence-corrected chi connectivity index (χ4v) is 4.58. The first kappa shape index (κ1) is 22.4. The van der Waals surface area contributed by atoms with Crippen molar-refractivity contribution < 1.29 is 39.5 Å². The number of fused-ring (bicyclic) bond motifs is 1. The molecule has 0 bridgehead atoms. The van der Waals surface area contributed by atoms with E-state index in [-0.39, 0.29) is 35.5 Å². The van der Waals surface area contributed by atoms with Crippen molar-refractivity contribution in [2.75, 3.05) is 18.0 Å². The molecular weight excluding hydrogens is 369 g/mol. The molecule has 0 aromatic heterocycles. The van der Waals surface area contributed by atoms with Crippen LogP contribution in [0.2, 0.25) is 0 Å². The van der Waals surface area contributed by atoms with Gasteiger partial charge in [0.15, 0.2) is 0 Å². The van der Waals surface area contributed by atoms with E-state index < -0.39 is 5.97 Å². The van der Waals surface area contributed by atoms with Gasteiger partial charge in [0, 0.05) is 30.7 Å². The predicted molar refractivity (Wildman–Crippen MR) is 112 cm³/mol. The number of carbonyl (C=O) groups excluding carboxylic acids is 1. The minimum atomic E-state index is -0.936. The van der Waals surface area contributed by atoms with Crippen LogP contribution in [-0.4, -0.2) is 19.1 Å². The summed E-state index contributed by atoms with van der Waals surface area (Å²) in [6.07, 6.45) is 3.47. The summed E-state index contributed by atoms with van der Waals surface area (Å²) >= 11 is 0. The number of aliphatic carboxylic acids is 1. The summed E-state index contributed by atoms with van der Waals surface area (Å²) in [5, 5.41) is 11.0. The van der Waals surface area contributed by atoms with Crippen molar-refractivity contribution in [1.29, 1.82) is 0 Å². The van der Waals surface area contributed by atoms with Crippen molar-refractivity contribution in [2.24, 2.45) is 11.3 Å². The number of hydrogen-bond donors (Lipinski definition) is 0. The number of nitrogens with zero attached hydrogens (tertiary/aromatic N) is 1. The Bertz CT molecular complexity index is 913. The molecule has 0 saturated carbocycles. The van der Waals surface area contributed by atoms with Crippen molar-refractivity contribution >= 4 is 11.7 Å². The van der Waals surface area contributed by atoms with Gasteiger partial charge >= 0.3 is 29.6 Å². The second-order valence-electron chi connectivity index (χ2n) is 9.67. The standard InChI is InChI=1S/C25H31NO2.Na/c1-16(2)18-10-19-13-25(3,4)9-8-22(19)23(12-18)17-6-5-7-21(11-17)26-14-20(15-26)24(27)28;/h5-7,10-12,16,20H,8-9,13-15H2,1-4H3,(H,27,28);/q;+1/p-1. The van der Waals surface area contributed by atoms with E-state index >= 15 is 0 Å². The van der Waals surface area contributed by atoms with E-state index in [1.807, 2.05) is 0 Å². The van der Waals surface area contributed by atoms with Gasteiger partial charge in [0.25, 0.3) is 0 Å². The summed E-state index contributed by atoms with van der Waals surface area (Å²) < 4.78 is 0. The molecule has 0 N–H and O–H groups in total. The van der Waals surface area contributed by atoms with Gasteiger partial charge in [-0.3, -0.25) is 0 Å². The molecule has 1 heterocycles. The van der Waals surface area contributed by atoms with Gasteiger partial charge in [-0.2, -0.15) is 0 Å². The number of rotatable bonds is 4. The van der Waals surface area contributed by atoms with E-state index in [2.05, 4.69) is 69.0 Å². The third-order valence-electron chi connectivity index (χ3n) is 6.49. The largest absolute Gasteiger partial charge is 1.00 e. The van der Waals surface area contributed by atoms with Crippen LogP contribution in [0.3, 0.4) is 0 Å². The maximum absolute atomic E-state index is 11.0. The normalized spacial score (nSPS) is 18.0. The summed E-state index contributed by atoms with van der Waals surface area (Å²) in [5.74, 6) is -0.784. The Hall–Kier alpha value is -1.29. The summed E-state index contributed by atoms with van der Waals surface area (Å²) in [4.78, 5) is 13.2. The van der Waals surface area contributed by atoms with E-state index in [9.17, 15) is 9.90 Å². The van der Waals surface area contributed by atoms with Gasteiger partial charge < -0.3 is 14.8 Å². The monoisotopic (exact) mass is 399 g/mol. The van der Waals surface area contributed by atoms with Gasteiger partial charge in [-0.1, -0.05) is 52.0 Å². The Morgan fingerprint density at radius 2 is 1.90 bits per heavy atom. The number of anilines is 1. The molecule has 1 aliphatic heterocycles. The Labute approximate surface area is 196 Å². The molecule has 4 heteroatoms. The molecule has 0 spiro atoms. The summed E-state index contributed by atoms with van der Waals surface area (Å²) in [7, 11) is 0. The first-order chi connectivity index (χ1) is 13.2. The zero-order valence-electron chi connectivity index (χ0n) is 18.4. The molecular formula is C25H30NNaO2. The SMILES string of the molecule is CC(C)c1cc2c(c(-c3cccc(N4CC(C(=O)[O-])C4)c3)c1)CCC(C)(C)C2.[Na+]. The molecule has 29 heavy (non-hydrogen) atoms. The number of benzene rings is 2. The molecule has 0 atom stereocenters. The average molecular weight is 400 g/mol.